The average molecular weight is 266 g/mol. The third-order valence-corrected chi connectivity index (χ3v) is 5.14. The molecule has 0 aromatic rings. The lowest BCUT2D eigenvalue weighted by Gasteiger charge is -2.45. The van der Waals surface area contributed by atoms with Crippen molar-refractivity contribution >= 4 is 11.9 Å². The van der Waals surface area contributed by atoms with Gasteiger partial charge in [0.25, 0.3) is 0 Å². The zero-order valence-electron chi connectivity index (χ0n) is 11.2. The summed E-state index contributed by atoms with van der Waals surface area (Å²) in [6.45, 7) is 3.31. The highest BCUT2D eigenvalue weighted by Gasteiger charge is 2.38. The van der Waals surface area contributed by atoms with Crippen LogP contribution in [0.1, 0.15) is 32.1 Å². The molecule has 0 radical (unpaired) electrons. The highest BCUT2D eigenvalue weighted by molar-refractivity contribution is 5.81. The molecule has 4 fully saturated rings. The van der Waals surface area contributed by atoms with E-state index >= 15 is 0 Å². The molecule has 5 heteroatoms. The maximum Gasteiger partial charge on any atom is 0.306 e. The van der Waals surface area contributed by atoms with E-state index in [1.165, 1.54) is 25.9 Å². The van der Waals surface area contributed by atoms with Crippen LogP contribution in [0.25, 0.3) is 0 Å². The molecular formula is C14H22N2O3. The molecule has 1 aliphatic carbocycles. The molecule has 0 spiro atoms. The topological polar surface area (TPSA) is 69.6 Å². The predicted molar refractivity (Wildman–Crippen MR) is 69.6 cm³/mol. The fourth-order valence-corrected chi connectivity index (χ4v) is 3.87. The van der Waals surface area contributed by atoms with Crippen molar-refractivity contribution in [3.63, 3.8) is 0 Å². The summed E-state index contributed by atoms with van der Waals surface area (Å²) in [7, 11) is 0. The van der Waals surface area contributed by atoms with Crippen molar-refractivity contribution in [2.45, 2.75) is 38.1 Å². The van der Waals surface area contributed by atoms with Crippen LogP contribution < -0.4 is 5.32 Å². The number of aliphatic carboxylic acids is 1. The van der Waals surface area contributed by atoms with Crippen LogP contribution in [0, 0.1) is 17.8 Å². The Balaban J connectivity index is 1.53. The van der Waals surface area contributed by atoms with Gasteiger partial charge < -0.3 is 15.3 Å². The van der Waals surface area contributed by atoms with Gasteiger partial charge >= 0.3 is 5.97 Å². The molecule has 0 aromatic carbocycles. The molecule has 106 valence electrons. The van der Waals surface area contributed by atoms with Crippen LogP contribution in [0.15, 0.2) is 0 Å². The third kappa shape index (κ3) is 2.61. The van der Waals surface area contributed by atoms with Gasteiger partial charge in [0, 0.05) is 18.5 Å². The minimum atomic E-state index is -0.752. The second kappa shape index (κ2) is 5.12. The van der Waals surface area contributed by atoms with Gasteiger partial charge in [0.1, 0.15) is 0 Å². The first-order chi connectivity index (χ1) is 9.13. The summed E-state index contributed by atoms with van der Waals surface area (Å²) in [6.07, 6.45) is 4.26. The second-order valence-corrected chi connectivity index (χ2v) is 6.30. The minimum Gasteiger partial charge on any atom is -0.481 e. The molecule has 1 unspecified atom stereocenters. The van der Waals surface area contributed by atoms with E-state index in [9.17, 15) is 9.59 Å². The van der Waals surface area contributed by atoms with E-state index in [0.717, 1.165) is 13.0 Å². The first kappa shape index (κ1) is 12.9. The zero-order valence-corrected chi connectivity index (χ0v) is 11.2. The normalized spacial score (nSPS) is 41.2. The molecule has 2 bridgehead atoms. The van der Waals surface area contributed by atoms with E-state index in [0.29, 0.717) is 24.8 Å². The summed E-state index contributed by atoms with van der Waals surface area (Å²) in [5, 5.41) is 12.2. The smallest absolute Gasteiger partial charge is 0.306 e. The number of carbonyl (C=O) groups excluding carboxylic acids is 1. The summed E-state index contributed by atoms with van der Waals surface area (Å²) in [4.78, 5) is 25.6. The van der Waals surface area contributed by atoms with Crippen molar-refractivity contribution in [2.24, 2.45) is 17.8 Å². The largest absolute Gasteiger partial charge is 0.481 e. The van der Waals surface area contributed by atoms with Crippen LogP contribution in [0.3, 0.4) is 0 Å². The van der Waals surface area contributed by atoms with Crippen molar-refractivity contribution in [1.29, 1.82) is 0 Å². The quantitative estimate of drug-likeness (QED) is 0.789. The molecule has 1 saturated carbocycles. The van der Waals surface area contributed by atoms with E-state index in [1.54, 1.807) is 0 Å². The highest BCUT2D eigenvalue weighted by atomic mass is 16.4. The van der Waals surface area contributed by atoms with Crippen molar-refractivity contribution in [3.8, 4) is 0 Å². The Morgan fingerprint density at radius 1 is 1.05 bits per heavy atom. The maximum absolute atomic E-state index is 12.2. The summed E-state index contributed by atoms with van der Waals surface area (Å²) in [6, 6.07) is 0.291. The molecule has 19 heavy (non-hydrogen) atoms. The van der Waals surface area contributed by atoms with Gasteiger partial charge in [-0.3, -0.25) is 9.59 Å². The van der Waals surface area contributed by atoms with Crippen molar-refractivity contribution in [1.82, 2.24) is 10.2 Å². The number of carboxylic acid groups (broad SMARTS) is 1. The minimum absolute atomic E-state index is 0.0856. The molecule has 0 aromatic heterocycles. The van der Waals surface area contributed by atoms with Crippen LogP contribution in [-0.4, -0.2) is 47.6 Å². The molecule has 3 atom stereocenters. The van der Waals surface area contributed by atoms with Crippen LogP contribution in [-0.2, 0) is 9.59 Å². The first-order valence-corrected chi connectivity index (χ1v) is 7.39. The number of hydrogen-bond acceptors (Lipinski definition) is 3. The lowest BCUT2D eigenvalue weighted by atomic mass is 9.83. The van der Waals surface area contributed by atoms with Crippen molar-refractivity contribution in [3.05, 3.63) is 0 Å². The lowest BCUT2D eigenvalue weighted by Crippen LogP contribution is -2.57. The Morgan fingerprint density at radius 3 is 2.26 bits per heavy atom. The number of rotatable bonds is 3. The van der Waals surface area contributed by atoms with Gasteiger partial charge in [-0.15, -0.1) is 0 Å². The molecular weight excluding hydrogens is 244 g/mol. The molecule has 4 aliphatic rings. The van der Waals surface area contributed by atoms with E-state index in [2.05, 4.69) is 10.2 Å². The number of nitrogens with zero attached hydrogens (tertiary/aromatic N) is 1. The molecule has 2 N–H and O–H groups in total. The van der Waals surface area contributed by atoms with Gasteiger partial charge in [-0.25, -0.2) is 0 Å². The van der Waals surface area contributed by atoms with E-state index < -0.39 is 5.97 Å². The van der Waals surface area contributed by atoms with Gasteiger partial charge in [-0.05, 0) is 51.1 Å². The number of fused-ring (bicyclic) bond motifs is 3. The number of piperidine rings is 3. The second-order valence-electron chi connectivity index (χ2n) is 6.30. The van der Waals surface area contributed by atoms with E-state index in [4.69, 9.17) is 5.11 Å². The maximum atomic E-state index is 12.2. The Hall–Kier alpha value is -1.10. The standard InChI is InChI=1S/C14H22N2O3/c17-13(10-1-2-11(7-10)14(18)19)15-12-8-16-5-3-9(12)4-6-16/h9-12H,1-8H2,(H,15,17)(H,18,19)/t10-,11+,12?/m1/s1. The van der Waals surface area contributed by atoms with Gasteiger partial charge in [0.15, 0.2) is 0 Å². The number of carboxylic acids is 1. The molecule has 1 amide bonds. The Labute approximate surface area is 113 Å². The summed E-state index contributed by atoms with van der Waals surface area (Å²) >= 11 is 0. The van der Waals surface area contributed by atoms with Gasteiger partial charge in [-0.1, -0.05) is 0 Å². The van der Waals surface area contributed by atoms with Gasteiger partial charge in [0.2, 0.25) is 5.91 Å². The summed E-state index contributed by atoms with van der Waals surface area (Å²) in [5.74, 6) is -0.440. The van der Waals surface area contributed by atoms with Crippen LogP contribution in [0.4, 0.5) is 0 Å². The van der Waals surface area contributed by atoms with Crippen LogP contribution in [0.2, 0.25) is 0 Å². The average Bonchev–Trinajstić information content (AvgIpc) is 2.90. The summed E-state index contributed by atoms with van der Waals surface area (Å²) < 4.78 is 0. The summed E-state index contributed by atoms with van der Waals surface area (Å²) in [5.41, 5.74) is 0. The Bertz CT molecular complexity index is 377. The molecule has 3 heterocycles. The molecule has 3 aliphatic heterocycles. The Morgan fingerprint density at radius 2 is 1.74 bits per heavy atom. The van der Waals surface area contributed by atoms with Crippen molar-refractivity contribution < 1.29 is 14.7 Å². The fraction of sp³-hybridized carbons (Fsp3) is 0.857. The van der Waals surface area contributed by atoms with E-state index in [1.807, 2.05) is 0 Å². The fourth-order valence-electron chi connectivity index (χ4n) is 3.87. The number of carbonyl (C=O) groups is 2. The van der Waals surface area contributed by atoms with Crippen molar-refractivity contribution in [2.75, 3.05) is 19.6 Å². The van der Waals surface area contributed by atoms with Crippen LogP contribution in [0.5, 0.6) is 0 Å². The van der Waals surface area contributed by atoms with Gasteiger partial charge in [0.05, 0.1) is 5.92 Å². The first-order valence-electron chi connectivity index (χ1n) is 7.39. The predicted octanol–water partition coefficient (Wildman–Crippen LogP) is 0.698. The van der Waals surface area contributed by atoms with Gasteiger partial charge in [-0.2, -0.15) is 0 Å². The van der Waals surface area contributed by atoms with E-state index in [-0.39, 0.29) is 17.7 Å². The number of hydrogen-bond donors (Lipinski definition) is 2. The number of nitrogens with one attached hydrogen (secondary N) is 1. The SMILES string of the molecule is O=C(O)[C@H]1CC[C@@H](C(=O)NC2CN3CCC2CC3)C1. The number of amides is 1. The molecule has 3 saturated heterocycles. The third-order valence-electron chi connectivity index (χ3n) is 5.14. The Kier molecular flexibility index (Phi) is 3.48. The lowest BCUT2D eigenvalue weighted by molar-refractivity contribution is -0.141. The monoisotopic (exact) mass is 266 g/mol. The van der Waals surface area contributed by atoms with Crippen LogP contribution >= 0.6 is 0 Å². The zero-order chi connectivity index (χ0) is 13.4. The highest BCUT2D eigenvalue weighted by Crippen LogP contribution is 2.32. The molecule has 4 rings (SSSR count). The molecule has 5 nitrogen and oxygen atoms in total.